The normalized spacial score (nSPS) is 21.0. The topological polar surface area (TPSA) is 104 Å². The maximum Gasteiger partial charge on any atom is 0.238 e. The molecule has 3 aromatic rings. The minimum atomic E-state index is -3.36. The van der Waals surface area contributed by atoms with Crippen molar-refractivity contribution in [2.45, 2.75) is 55.9 Å². The number of rotatable bonds is 5. The van der Waals surface area contributed by atoms with Crippen LogP contribution >= 0.6 is 0 Å². The molecule has 1 spiro atoms. The van der Waals surface area contributed by atoms with Crippen molar-refractivity contribution in [2.24, 2.45) is 0 Å². The average molecular weight is 493 g/mol. The SMILES string of the molecule is CC1(S(=O)(=O)N2CCC3(CC2)C(=O)N(Cc2ncc4ccccc4c2CO)c2cnccc23)CC1. The Hall–Kier alpha value is -2.88. The first kappa shape index (κ1) is 22.6. The second kappa shape index (κ2) is 7.81. The number of anilines is 1. The number of carbonyl (C=O) groups is 1. The third-order valence-electron chi connectivity index (χ3n) is 8.21. The summed E-state index contributed by atoms with van der Waals surface area (Å²) in [6, 6.07) is 9.64. The van der Waals surface area contributed by atoms with Gasteiger partial charge < -0.3 is 10.0 Å². The first-order chi connectivity index (χ1) is 16.8. The Balaban J connectivity index is 1.34. The van der Waals surface area contributed by atoms with E-state index in [1.165, 1.54) is 0 Å². The molecule has 0 radical (unpaired) electrons. The lowest BCUT2D eigenvalue weighted by atomic mass is 9.74. The highest BCUT2D eigenvalue weighted by atomic mass is 32.2. The van der Waals surface area contributed by atoms with Crippen LogP contribution in [0, 0.1) is 0 Å². The summed E-state index contributed by atoms with van der Waals surface area (Å²) in [5, 5.41) is 12.0. The van der Waals surface area contributed by atoms with Gasteiger partial charge in [0, 0.05) is 36.4 Å². The second-order valence-corrected chi connectivity index (χ2v) is 12.6. The van der Waals surface area contributed by atoms with Crippen molar-refractivity contribution in [3.8, 4) is 0 Å². The first-order valence-electron chi connectivity index (χ1n) is 12.0. The average Bonchev–Trinajstić information content (AvgIpc) is 3.61. The van der Waals surface area contributed by atoms with E-state index < -0.39 is 20.2 Å². The molecule has 1 N–H and O–H groups in total. The second-order valence-electron chi connectivity index (χ2n) is 10.1. The summed E-state index contributed by atoms with van der Waals surface area (Å²) in [4.78, 5) is 24.6. The molecule has 2 fully saturated rings. The third kappa shape index (κ3) is 3.25. The first-order valence-corrected chi connectivity index (χ1v) is 13.5. The highest BCUT2D eigenvalue weighted by molar-refractivity contribution is 7.90. The summed E-state index contributed by atoms with van der Waals surface area (Å²) < 4.78 is 27.1. The molecular weight excluding hydrogens is 464 g/mol. The minimum Gasteiger partial charge on any atom is -0.392 e. The molecule has 1 aromatic carbocycles. The van der Waals surface area contributed by atoms with Crippen molar-refractivity contribution in [3.05, 3.63) is 65.7 Å². The molecule has 2 aromatic heterocycles. The van der Waals surface area contributed by atoms with E-state index in [2.05, 4.69) is 9.97 Å². The number of hydrogen-bond acceptors (Lipinski definition) is 6. The van der Waals surface area contributed by atoms with E-state index in [4.69, 9.17) is 0 Å². The molecule has 0 unspecified atom stereocenters. The van der Waals surface area contributed by atoms with Crippen LogP contribution in [0.1, 0.15) is 49.4 Å². The predicted molar refractivity (Wildman–Crippen MR) is 132 cm³/mol. The Labute approximate surface area is 204 Å². The largest absolute Gasteiger partial charge is 0.392 e. The summed E-state index contributed by atoms with van der Waals surface area (Å²) in [6.07, 6.45) is 7.44. The van der Waals surface area contributed by atoms with Crippen molar-refractivity contribution < 1.29 is 18.3 Å². The molecule has 35 heavy (non-hydrogen) atoms. The number of sulfonamides is 1. The van der Waals surface area contributed by atoms with Crippen molar-refractivity contribution in [1.82, 2.24) is 14.3 Å². The molecule has 0 atom stereocenters. The van der Waals surface area contributed by atoms with E-state index in [1.54, 1.807) is 27.8 Å². The maximum absolute atomic E-state index is 14.0. The van der Waals surface area contributed by atoms with Gasteiger partial charge in [-0.15, -0.1) is 0 Å². The van der Waals surface area contributed by atoms with E-state index in [0.717, 1.165) is 22.0 Å². The summed E-state index contributed by atoms with van der Waals surface area (Å²) in [5.74, 6) is -0.0472. The molecular formula is C26H28N4O4S. The number of aliphatic hydroxyl groups is 1. The predicted octanol–water partition coefficient (Wildman–Crippen LogP) is 2.88. The quantitative estimate of drug-likeness (QED) is 0.587. The van der Waals surface area contributed by atoms with Gasteiger partial charge in [-0.1, -0.05) is 24.3 Å². The zero-order chi connectivity index (χ0) is 24.4. The van der Waals surface area contributed by atoms with Crippen LogP contribution in [0.3, 0.4) is 0 Å². The molecule has 8 nitrogen and oxygen atoms in total. The van der Waals surface area contributed by atoms with Gasteiger partial charge in [0.2, 0.25) is 15.9 Å². The van der Waals surface area contributed by atoms with Gasteiger partial charge in [0.15, 0.2) is 0 Å². The zero-order valence-corrected chi connectivity index (χ0v) is 20.5. The molecule has 2 aliphatic heterocycles. The van der Waals surface area contributed by atoms with E-state index in [0.29, 0.717) is 50.0 Å². The van der Waals surface area contributed by atoms with Crippen LogP contribution in [-0.4, -0.2) is 51.5 Å². The van der Waals surface area contributed by atoms with Crippen LogP contribution in [0.2, 0.25) is 0 Å². The van der Waals surface area contributed by atoms with Crippen molar-refractivity contribution >= 4 is 32.4 Å². The van der Waals surface area contributed by atoms with Crippen LogP contribution in [0.15, 0.2) is 48.9 Å². The number of carbonyl (C=O) groups excluding carboxylic acids is 1. The smallest absolute Gasteiger partial charge is 0.238 e. The number of piperidine rings is 1. The van der Waals surface area contributed by atoms with E-state index in [-0.39, 0.29) is 19.1 Å². The van der Waals surface area contributed by atoms with Gasteiger partial charge in [-0.2, -0.15) is 0 Å². The summed E-state index contributed by atoms with van der Waals surface area (Å²) >= 11 is 0. The summed E-state index contributed by atoms with van der Waals surface area (Å²) in [5.41, 5.74) is 2.22. The Morgan fingerprint density at radius 2 is 1.80 bits per heavy atom. The van der Waals surface area contributed by atoms with Gasteiger partial charge in [-0.05, 0) is 49.6 Å². The number of amides is 1. The zero-order valence-electron chi connectivity index (χ0n) is 19.6. The van der Waals surface area contributed by atoms with Crippen LogP contribution in [0.4, 0.5) is 5.69 Å². The van der Waals surface area contributed by atoms with E-state index in [1.807, 2.05) is 37.3 Å². The van der Waals surface area contributed by atoms with Gasteiger partial charge in [-0.25, -0.2) is 12.7 Å². The monoisotopic (exact) mass is 492 g/mol. The molecule has 1 saturated heterocycles. The highest BCUT2D eigenvalue weighted by Crippen LogP contribution is 2.51. The molecule has 4 heterocycles. The van der Waals surface area contributed by atoms with Crippen LogP contribution in [0.25, 0.3) is 10.8 Å². The minimum absolute atomic E-state index is 0.0472. The lowest BCUT2D eigenvalue weighted by Crippen LogP contribution is -2.51. The lowest BCUT2D eigenvalue weighted by Gasteiger charge is -2.38. The fourth-order valence-corrected chi connectivity index (χ4v) is 7.62. The highest BCUT2D eigenvalue weighted by Gasteiger charge is 2.57. The molecule has 3 aliphatic rings. The third-order valence-corrected chi connectivity index (χ3v) is 10.9. The van der Waals surface area contributed by atoms with E-state index in [9.17, 15) is 18.3 Å². The van der Waals surface area contributed by atoms with Crippen LogP contribution in [-0.2, 0) is 33.4 Å². The molecule has 6 rings (SSSR count). The van der Waals surface area contributed by atoms with Crippen molar-refractivity contribution in [1.29, 1.82) is 0 Å². The standard InChI is InChI=1S/C26H28N4O4S/c1-25(7-8-25)35(33,34)29-12-9-26(10-13-29)21-6-11-27-15-23(21)30(24(26)32)16-22-20(17-31)19-5-3-2-4-18(19)14-28-22/h2-6,11,14-15,31H,7-10,12-13,16-17H2,1H3. The number of fused-ring (bicyclic) bond motifs is 3. The molecule has 1 aliphatic carbocycles. The van der Waals surface area contributed by atoms with Gasteiger partial charge in [0.1, 0.15) is 0 Å². The number of pyridine rings is 2. The summed E-state index contributed by atoms with van der Waals surface area (Å²) in [7, 11) is -3.36. The Morgan fingerprint density at radius 3 is 2.51 bits per heavy atom. The molecule has 1 saturated carbocycles. The number of hydrogen-bond donors (Lipinski definition) is 1. The van der Waals surface area contributed by atoms with Crippen molar-refractivity contribution in [3.63, 3.8) is 0 Å². The number of aromatic nitrogens is 2. The number of benzene rings is 1. The van der Waals surface area contributed by atoms with Gasteiger partial charge in [-0.3, -0.25) is 14.8 Å². The fourth-order valence-electron chi connectivity index (χ4n) is 5.71. The fraction of sp³-hybridized carbons (Fsp3) is 0.423. The Kier molecular flexibility index (Phi) is 5.04. The lowest BCUT2D eigenvalue weighted by molar-refractivity contribution is -0.124. The maximum atomic E-state index is 14.0. The molecule has 1 amide bonds. The number of aliphatic hydroxyl groups excluding tert-OH is 1. The van der Waals surface area contributed by atoms with Gasteiger partial charge in [0.05, 0.1) is 40.9 Å². The van der Waals surface area contributed by atoms with Gasteiger partial charge in [0.25, 0.3) is 0 Å². The number of nitrogens with zero attached hydrogens (tertiary/aromatic N) is 4. The van der Waals surface area contributed by atoms with E-state index >= 15 is 0 Å². The molecule has 9 heteroatoms. The summed E-state index contributed by atoms with van der Waals surface area (Å²) in [6.45, 7) is 2.51. The Morgan fingerprint density at radius 1 is 1.06 bits per heavy atom. The molecule has 182 valence electrons. The van der Waals surface area contributed by atoms with Crippen LogP contribution in [0.5, 0.6) is 0 Å². The molecule has 0 bridgehead atoms. The Bertz CT molecular complexity index is 1440. The van der Waals surface area contributed by atoms with Crippen LogP contribution < -0.4 is 4.90 Å². The van der Waals surface area contributed by atoms with Gasteiger partial charge >= 0.3 is 0 Å². The van der Waals surface area contributed by atoms with Crippen molar-refractivity contribution in [2.75, 3.05) is 18.0 Å².